The predicted octanol–water partition coefficient (Wildman–Crippen LogP) is 4.39. The van der Waals surface area contributed by atoms with Gasteiger partial charge in [0.15, 0.2) is 5.82 Å². The van der Waals surface area contributed by atoms with Crippen LogP contribution in [0.2, 0.25) is 0 Å². The highest BCUT2D eigenvalue weighted by Crippen LogP contribution is 2.45. The topological polar surface area (TPSA) is 106 Å². The molecule has 0 radical (unpaired) electrons. The SMILES string of the molecule is CS(=O)(=O)OC1=CC=CC(Cl)(C2CCN(C3=C[SH](C4CCN(C(=O)Cn5nc(C(F)F)cc5C(F)F)CC4)C=N3)O2)C1. The van der Waals surface area contributed by atoms with Crippen LogP contribution in [0.15, 0.2) is 46.3 Å². The molecule has 1 aromatic heterocycles. The van der Waals surface area contributed by atoms with Crippen LogP contribution in [0.4, 0.5) is 17.6 Å². The Balaban J connectivity index is 1.13. The molecule has 3 unspecified atom stereocenters. The maximum atomic E-state index is 13.3. The fourth-order valence-electron chi connectivity index (χ4n) is 5.32. The Labute approximate surface area is 248 Å². The Bertz CT molecular complexity index is 1430. The summed E-state index contributed by atoms with van der Waals surface area (Å²) >= 11 is 6.84. The van der Waals surface area contributed by atoms with Crippen molar-refractivity contribution in [3.05, 3.63) is 52.7 Å². The van der Waals surface area contributed by atoms with Gasteiger partial charge in [-0.2, -0.15) is 24.4 Å². The lowest BCUT2D eigenvalue weighted by Crippen LogP contribution is -2.41. The van der Waals surface area contributed by atoms with E-state index in [4.69, 9.17) is 20.6 Å². The Kier molecular flexibility index (Phi) is 8.98. The largest absolute Gasteiger partial charge is 0.387 e. The Morgan fingerprint density at radius 2 is 1.95 bits per heavy atom. The molecule has 17 heteroatoms. The van der Waals surface area contributed by atoms with Gasteiger partial charge in [-0.3, -0.25) is 14.3 Å². The molecule has 1 amide bonds. The number of hydroxylamine groups is 2. The maximum Gasteiger partial charge on any atom is 0.305 e. The minimum atomic E-state index is -3.68. The van der Waals surface area contributed by atoms with Crippen LogP contribution in [-0.4, -0.2) is 81.7 Å². The highest BCUT2D eigenvalue weighted by molar-refractivity contribution is 8.31. The summed E-state index contributed by atoms with van der Waals surface area (Å²) < 4.78 is 81.2. The van der Waals surface area contributed by atoms with Gasteiger partial charge in [-0.1, -0.05) is 12.2 Å². The Morgan fingerprint density at radius 3 is 2.62 bits per heavy atom. The average Bonchev–Trinajstić information content (AvgIpc) is 3.67. The molecule has 10 nitrogen and oxygen atoms in total. The number of carbonyl (C=O) groups excluding carboxylic acids is 1. The number of aromatic nitrogens is 2. The lowest BCUT2D eigenvalue weighted by atomic mass is 9.91. The van der Waals surface area contributed by atoms with Crippen molar-refractivity contribution in [1.82, 2.24) is 19.7 Å². The number of hydrogen-bond donors (Lipinski definition) is 1. The van der Waals surface area contributed by atoms with Crippen molar-refractivity contribution in [1.29, 1.82) is 0 Å². The number of likely N-dealkylation sites (tertiary alicyclic amines) is 1. The lowest BCUT2D eigenvalue weighted by molar-refractivity contribution is -0.133. The van der Waals surface area contributed by atoms with E-state index in [2.05, 4.69) is 15.5 Å². The first kappa shape index (κ1) is 30.9. The quantitative estimate of drug-likeness (QED) is 0.182. The number of carbonyl (C=O) groups is 1. The van der Waals surface area contributed by atoms with Crippen LogP contribution in [0.3, 0.4) is 0 Å². The van der Waals surface area contributed by atoms with Crippen molar-refractivity contribution in [3.8, 4) is 0 Å². The molecule has 0 spiro atoms. The lowest BCUT2D eigenvalue weighted by Gasteiger charge is -2.35. The molecule has 1 aliphatic carbocycles. The third-order valence-electron chi connectivity index (χ3n) is 7.39. The van der Waals surface area contributed by atoms with Crippen molar-refractivity contribution in [2.45, 2.75) is 61.3 Å². The summed E-state index contributed by atoms with van der Waals surface area (Å²) in [5, 5.41) is 7.49. The first-order valence-corrected chi connectivity index (χ1v) is 16.9. The summed E-state index contributed by atoms with van der Waals surface area (Å²) in [5.74, 6) is 0.449. The minimum Gasteiger partial charge on any atom is -0.387 e. The second-order valence-corrected chi connectivity index (χ2v) is 14.8. The Morgan fingerprint density at radius 1 is 1.21 bits per heavy atom. The van der Waals surface area contributed by atoms with Crippen LogP contribution in [-0.2, 0) is 30.5 Å². The van der Waals surface area contributed by atoms with Crippen LogP contribution in [0, 0.1) is 0 Å². The first-order valence-electron chi connectivity index (χ1n) is 13.2. The second kappa shape index (κ2) is 12.2. The maximum absolute atomic E-state index is 13.3. The third kappa shape index (κ3) is 6.97. The van der Waals surface area contributed by atoms with Gasteiger partial charge in [0.05, 0.1) is 17.7 Å². The molecule has 0 N–H and O–H groups in total. The van der Waals surface area contributed by atoms with Gasteiger partial charge in [0, 0.05) is 30.5 Å². The number of hydrogen-bond acceptors (Lipinski definition) is 8. The zero-order chi connectivity index (χ0) is 30.2. The molecule has 0 bridgehead atoms. The second-order valence-electron chi connectivity index (χ2n) is 10.4. The summed E-state index contributed by atoms with van der Waals surface area (Å²) in [5.41, 5.74) is 0.406. The number of rotatable bonds is 9. The van der Waals surface area contributed by atoms with E-state index in [1.54, 1.807) is 28.2 Å². The predicted molar refractivity (Wildman–Crippen MR) is 150 cm³/mol. The van der Waals surface area contributed by atoms with E-state index >= 15 is 0 Å². The van der Waals surface area contributed by atoms with Crippen LogP contribution in [0.5, 0.6) is 0 Å². The van der Waals surface area contributed by atoms with Gasteiger partial charge < -0.3 is 9.08 Å². The summed E-state index contributed by atoms with van der Waals surface area (Å²) in [6, 6.07) is 0.633. The molecule has 4 heterocycles. The zero-order valence-corrected chi connectivity index (χ0v) is 24.9. The van der Waals surface area contributed by atoms with Gasteiger partial charge >= 0.3 is 10.1 Å². The molecule has 42 heavy (non-hydrogen) atoms. The van der Waals surface area contributed by atoms with Gasteiger partial charge in [-0.15, -0.1) is 11.6 Å². The van der Waals surface area contributed by atoms with Crippen LogP contribution in [0.1, 0.15) is 49.9 Å². The molecule has 232 valence electrons. The van der Waals surface area contributed by atoms with E-state index in [9.17, 15) is 30.8 Å². The molecule has 0 aromatic carbocycles. The summed E-state index contributed by atoms with van der Waals surface area (Å²) in [4.78, 5) is 24.0. The summed E-state index contributed by atoms with van der Waals surface area (Å²) in [6.45, 7) is 0.821. The fourth-order valence-corrected chi connectivity index (χ4v) is 8.18. The van der Waals surface area contributed by atoms with Gasteiger partial charge in [-0.05, 0) is 36.7 Å². The van der Waals surface area contributed by atoms with Crippen molar-refractivity contribution >= 4 is 44.1 Å². The average molecular weight is 656 g/mol. The van der Waals surface area contributed by atoms with Gasteiger partial charge in [0.1, 0.15) is 29.8 Å². The normalized spacial score (nSPS) is 27.7. The molecule has 0 saturated carbocycles. The molecule has 4 aliphatic rings. The van der Waals surface area contributed by atoms with E-state index in [0.29, 0.717) is 55.5 Å². The number of allylic oxidation sites excluding steroid dienone is 3. The number of piperidine rings is 1. The molecule has 2 saturated heterocycles. The highest BCUT2D eigenvalue weighted by atomic mass is 35.5. The number of aliphatic imine (C=N–C) groups is 1. The van der Waals surface area contributed by atoms with Crippen molar-refractivity contribution < 1.29 is 39.8 Å². The Hall–Kier alpha value is -2.56. The van der Waals surface area contributed by atoms with E-state index < -0.39 is 68.7 Å². The molecule has 3 aliphatic heterocycles. The smallest absolute Gasteiger partial charge is 0.305 e. The van der Waals surface area contributed by atoms with Gasteiger partial charge in [-0.25, -0.2) is 27.6 Å². The van der Waals surface area contributed by atoms with E-state index in [0.717, 1.165) is 6.26 Å². The fraction of sp³-hybridized carbons (Fsp3) is 0.560. The zero-order valence-electron chi connectivity index (χ0n) is 22.5. The van der Waals surface area contributed by atoms with E-state index in [1.165, 1.54) is 0 Å². The number of alkyl halides is 5. The third-order valence-corrected chi connectivity index (χ3v) is 10.7. The molecular formula is C25H30ClF4N5O5S2. The molecular weight excluding hydrogens is 626 g/mol. The number of nitrogens with zero attached hydrogens (tertiary/aromatic N) is 5. The molecule has 5 rings (SSSR count). The van der Waals surface area contributed by atoms with E-state index in [1.807, 2.05) is 5.55 Å². The van der Waals surface area contributed by atoms with Crippen molar-refractivity contribution in [2.24, 2.45) is 4.99 Å². The number of amides is 1. The summed E-state index contributed by atoms with van der Waals surface area (Å²) in [7, 11) is -4.43. The van der Waals surface area contributed by atoms with Crippen LogP contribution in [0.25, 0.3) is 0 Å². The number of thiol groups is 1. The van der Waals surface area contributed by atoms with Crippen LogP contribution < -0.4 is 0 Å². The van der Waals surface area contributed by atoms with E-state index in [-0.39, 0.29) is 17.4 Å². The minimum absolute atomic E-state index is 0.153. The molecule has 1 aromatic rings. The first-order chi connectivity index (χ1) is 19.8. The standard InChI is InChI=1S/C25H30ClF4N5O5S2/c1-42(37,38)40-16-3-2-7-25(26,12-16)20-6-10-35(39-20)21-14-41(15-31-21)17-4-8-33(9-5-17)22(36)13-34-19(24(29)30)11-18(32-34)23(27)28/h2-3,7,11,14-15,17,20,23-24,41H,4-6,8-10,12-13H2,1H3. The monoisotopic (exact) mass is 655 g/mol. The van der Waals surface area contributed by atoms with Crippen molar-refractivity contribution in [3.63, 3.8) is 0 Å². The summed E-state index contributed by atoms with van der Waals surface area (Å²) in [6.07, 6.45) is 1.57. The highest BCUT2D eigenvalue weighted by Gasteiger charge is 2.44. The van der Waals surface area contributed by atoms with Gasteiger partial charge in [0.25, 0.3) is 12.9 Å². The van der Waals surface area contributed by atoms with Crippen molar-refractivity contribution in [2.75, 3.05) is 25.9 Å². The number of halogens is 5. The molecule has 2 fully saturated rings. The van der Waals surface area contributed by atoms with Gasteiger partial charge in [0.2, 0.25) is 5.91 Å². The molecule has 3 atom stereocenters. The van der Waals surface area contributed by atoms with Crippen LogP contribution >= 0.6 is 22.5 Å².